The van der Waals surface area contributed by atoms with E-state index in [4.69, 9.17) is 11.5 Å². The Balaban J connectivity index is 2.24. The fraction of sp³-hybridized carbons (Fsp3) is 0.455. The largest absolute Gasteiger partial charge is 0.481 e. The van der Waals surface area contributed by atoms with Crippen LogP contribution in [0.25, 0.3) is 0 Å². The summed E-state index contributed by atoms with van der Waals surface area (Å²) in [5.74, 6) is -4.23. The minimum Gasteiger partial charge on any atom is -0.481 e. The average molecular weight is 490 g/mol. The van der Waals surface area contributed by atoms with Crippen LogP contribution in [-0.4, -0.2) is 71.9 Å². The number of carboxylic acids is 1. The Labute approximate surface area is 202 Å². The molecule has 9 N–H and O–H groups in total. The molecule has 13 nitrogen and oxygen atoms in total. The SMILES string of the molecule is NC(N)=NCCC[C@H]1NC(=O)CC(=O)N[C@@H](CC(=O)O)C(=O)N[C@H](Cc2ccccc2)CNC1=O. The highest BCUT2D eigenvalue weighted by molar-refractivity contribution is 6.01. The number of guanidine groups is 1. The molecule has 35 heavy (non-hydrogen) atoms. The number of nitrogens with two attached hydrogens (primary N) is 2. The molecule has 1 aromatic carbocycles. The Morgan fingerprint density at radius 3 is 2.26 bits per heavy atom. The van der Waals surface area contributed by atoms with Gasteiger partial charge in [0.25, 0.3) is 0 Å². The highest BCUT2D eigenvalue weighted by Gasteiger charge is 2.29. The molecule has 2 rings (SSSR count). The van der Waals surface area contributed by atoms with Crippen molar-refractivity contribution < 1.29 is 29.1 Å². The van der Waals surface area contributed by atoms with Gasteiger partial charge < -0.3 is 37.8 Å². The lowest BCUT2D eigenvalue weighted by Crippen LogP contribution is -2.54. The van der Waals surface area contributed by atoms with E-state index in [2.05, 4.69) is 26.3 Å². The predicted octanol–water partition coefficient (Wildman–Crippen LogP) is -2.27. The molecule has 1 aliphatic rings. The molecular weight excluding hydrogens is 458 g/mol. The molecule has 1 heterocycles. The van der Waals surface area contributed by atoms with E-state index in [1.807, 2.05) is 30.3 Å². The number of aliphatic imine (C=N–C) groups is 1. The first-order chi connectivity index (χ1) is 16.6. The van der Waals surface area contributed by atoms with Crippen LogP contribution in [0, 0.1) is 0 Å². The van der Waals surface area contributed by atoms with Crippen LogP contribution in [0.3, 0.4) is 0 Å². The number of carboxylic acid groups (broad SMARTS) is 1. The quantitative estimate of drug-likeness (QED) is 0.0911. The molecular formula is C22H31N7O6. The Hall–Kier alpha value is -4.16. The highest BCUT2D eigenvalue weighted by Crippen LogP contribution is 2.06. The first kappa shape index (κ1) is 27.1. The van der Waals surface area contributed by atoms with Gasteiger partial charge >= 0.3 is 5.97 Å². The highest BCUT2D eigenvalue weighted by atomic mass is 16.4. The molecule has 0 unspecified atom stereocenters. The van der Waals surface area contributed by atoms with Gasteiger partial charge in [0.1, 0.15) is 18.5 Å². The predicted molar refractivity (Wildman–Crippen MR) is 126 cm³/mol. The summed E-state index contributed by atoms with van der Waals surface area (Å²) in [5, 5.41) is 19.4. The van der Waals surface area contributed by atoms with Gasteiger partial charge in [-0.2, -0.15) is 0 Å². The summed E-state index contributed by atoms with van der Waals surface area (Å²) in [7, 11) is 0. The number of hydrogen-bond acceptors (Lipinski definition) is 6. The van der Waals surface area contributed by atoms with E-state index in [0.29, 0.717) is 12.8 Å². The van der Waals surface area contributed by atoms with Gasteiger partial charge in [-0.3, -0.25) is 29.0 Å². The summed E-state index contributed by atoms with van der Waals surface area (Å²) in [6.45, 7) is 0.250. The van der Waals surface area contributed by atoms with Crippen LogP contribution >= 0.6 is 0 Å². The maximum absolute atomic E-state index is 12.9. The third-order valence-electron chi connectivity index (χ3n) is 5.14. The van der Waals surface area contributed by atoms with Crippen LogP contribution in [0.1, 0.15) is 31.2 Å². The summed E-state index contributed by atoms with van der Waals surface area (Å²) in [6.07, 6.45) is -0.436. The Morgan fingerprint density at radius 1 is 0.971 bits per heavy atom. The zero-order valence-corrected chi connectivity index (χ0v) is 19.2. The van der Waals surface area contributed by atoms with E-state index in [9.17, 15) is 29.1 Å². The summed E-state index contributed by atoms with van der Waals surface area (Å²) in [6, 6.07) is 6.21. The molecule has 4 amide bonds. The van der Waals surface area contributed by atoms with Crippen LogP contribution in [-0.2, 0) is 30.4 Å². The van der Waals surface area contributed by atoms with Crippen LogP contribution in [0.5, 0.6) is 0 Å². The van der Waals surface area contributed by atoms with Gasteiger partial charge in [0.2, 0.25) is 23.6 Å². The smallest absolute Gasteiger partial charge is 0.305 e. The van der Waals surface area contributed by atoms with Crippen molar-refractivity contribution in [1.82, 2.24) is 21.3 Å². The molecule has 13 heteroatoms. The molecule has 3 atom stereocenters. The van der Waals surface area contributed by atoms with Crippen molar-refractivity contribution in [3.63, 3.8) is 0 Å². The number of nitrogens with zero attached hydrogens (tertiary/aromatic N) is 1. The number of aliphatic carboxylic acids is 1. The van der Waals surface area contributed by atoms with Gasteiger partial charge in [0.05, 0.1) is 12.5 Å². The maximum atomic E-state index is 12.9. The van der Waals surface area contributed by atoms with Crippen molar-refractivity contribution in [2.45, 2.75) is 50.2 Å². The monoisotopic (exact) mass is 489 g/mol. The molecule has 0 aromatic heterocycles. The van der Waals surface area contributed by atoms with Gasteiger partial charge in [0, 0.05) is 13.1 Å². The molecule has 0 radical (unpaired) electrons. The van der Waals surface area contributed by atoms with Crippen LogP contribution < -0.4 is 32.7 Å². The summed E-state index contributed by atoms with van der Waals surface area (Å²) >= 11 is 0. The minimum atomic E-state index is -1.39. The standard InChI is InChI=1S/C22H31N7O6/c23-22(24)25-8-4-7-15-20(34)26-12-14(9-13-5-2-1-3-6-13)27-21(35)16(10-19(32)33)29-18(31)11-17(30)28-15/h1-3,5-6,14-16H,4,7-12H2,(H,26,34)(H,27,35)(H,28,30)(H,29,31)(H,32,33)(H4,23,24,25)/t14-,15-,16+/m1/s1. The van der Waals surface area contributed by atoms with E-state index >= 15 is 0 Å². The van der Waals surface area contributed by atoms with E-state index in [0.717, 1.165) is 5.56 Å². The van der Waals surface area contributed by atoms with Crippen molar-refractivity contribution in [2.24, 2.45) is 16.5 Å². The first-order valence-corrected chi connectivity index (χ1v) is 11.1. The van der Waals surface area contributed by atoms with E-state index in [1.165, 1.54) is 0 Å². The molecule has 1 fully saturated rings. The molecule has 1 aromatic rings. The van der Waals surface area contributed by atoms with Gasteiger partial charge in [-0.05, 0) is 24.8 Å². The summed E-state index contributed by atoms with van der Waals surface area (Å²) in [5.41, 5.74) is 11.5. The minimum absolute atomic E-state index is 0.00742. The van der Waals surface area contributed by atoms with Crippen molar-refractivity contribution in [3.8, 4) is 0 Å². The molecule has 1 aliphatic heterocycles. The fourth-order valence-corrected chi connectivity index (χ4v) is 3.51. The second kappa shape index (κ2) is 13.5. The molecule has 0 spiro atoms. The normalized spacial score (nSPS) is 21.7. The Kier molecular flexibility index (Phi) is 10.5. The summed E-state index contributed by atoms with van der Waals surface area (Å²) < 4.78 is 0. The number of hydrogen-bond donors (Lipinski definition) is 7. The molecule has 190 valence electrons. The maximum Gasteiger partial charge on any atom is 0.305 e. The first-order valence-electron chi connectivity index (χ1n) is 11.1. The van der Waals surface area contributed by atoms with E-state index in [-0.39, 0.29) is 25.5 Å². The molecule has 0 aliphatic carbocycles. The van der Waals surface area contributed by atoms with Crippen LogP contribution in [0.15, 0.2) is 35.3 Å². The molecule has 0 bridgehead atoms. The van der Waals surface area contributed by atoms with Crippen molar-refractivity contribution in [2.75, 3.05) is 13.1 Å². The molecule has 1 saturated heterocycles. The topological polar surface area (TPSA) is 218 Å². The lowest BCUT2D eigenvalue weighted by Gasteiger charge is -2.24. The van der Waals surface area contributed by atoms with Crippen LogP contribution in [0.2, 0.25) is 0 Å². The number of amides is 4. The zero-order valence-electron chi connectivity index (χ0n) is 19.2. The van der Waals surface area contributed by atoms with Gasteiger partial charge in [-0.1, -0.05) is 30.3 Å². The third-order valence-corrected chi connectivity index (χ3v) is 5.14. The Morgan fingerprint density at radius 2 is 1.63 bits per heavy atom. The van der Waals surface area contributed by atoms with Crippen molar-refractivity contribution in [3.05, 3.63) is 35.9 Å². The fourth-order valence-electron chi connectivity index (χ4n) is 3.51. The number of rotatable bonds is 8. The van der Waals surface area contributed by atoms with Crippen molar-refractivity contribution >= 4 is 35.6 Å². The lowest BCUT2D eigenvalue weighted by atomic mass is 10.0. The van der Waals surface area contributed by atoms with Crippen LogP contribution in [0.4, 0.5) is 0 Å². The summed E-state index contributed by atoms with van der Waals surface area (Å²) in [4.78, 5) is 65.5. The van der Waals surface area contributed by atoms with Crippen molar-refractivity contribution in [1.29, 1.82) is 0 Å². The third kappa shape index (κ3) is 10.1. The second-order valence-electron chi connectivity index (χ2n) is 8.10. The lowest BCUT2D eigenvalue weighted by molar-refractivity contribution is -0.141. The van der Waals surface area contributed by atoms with E-state index < -0.39 is 60.6 Å². The van der Waals surface area contributed by atoms with Gasteiger partial charge in [0.15, 0.2) is 5.96 Å². The number of nitrogens with one attached hydrogen (secondary N) is 4. The zero-order chi connectivity index (χ0) is 25.8. The molecule has 0 saturated carbocycles. The number of carbonyl (C=O) groups excluding carboxylic acids is 4. The van der Waals surface area contributed by atoms with Gasteiger partial charge in [-0.25, -0.2) is 0 Å². The van der Waals surface area contributed by atoms with Gasteiger partial charge in [-0.15, -0.1) is 0 Å². The average Bonchev–Trinajstić information content (AvgIpc) is 2.78. The Bertz CT molecular complexity index is 949. The number of benzene rings is 1. The second-order valence-corrected chi connectivity index (χ2v) is 8.10. The van der Waals surface area contributed by atoms with E-state index in [1.54, 1.807) is 0 Å². The number of carbonyl (C=O) groups is 5.